The van der Waals surface area contributed by atoms with Crippen LogP contribution in [0.4, 0.5) is 0 Å². The van der Waals surface area contributed by atoms with Gasteiger partial charge in [-0.2, -0.15) is 5.26 Å². The Morgan fingerprint density at radius 3 is 3.00 bits per heavy atom. The van der Waals surface area contributed by atoms with Crippen LogP contribution in [0, 0.1) is 18.3 Å². The fourth-order valence-corrected chi connectivity index (χ4v) is 2.18. The third-order valence-electron chi connectivity index (χ3n) is 2.35. The van der Waals surface area contributed by atoms with Gasteiger partial charge in [-0.25, -0.2) is 0 Å². The van der Waals surface area contributed by atoms with E-state index in [1.165, 1.54) is 11.3 Å². The molecule has 0 radical (unpaired) electrons. The van der Waals surface area contributed by atoms with E-state index in [9.17, 15) is 4.79 Å². The number of nitrogens with one attached hydrogen (secondary N) is 1. The van der Waals surface area contributed by atoms with Crippen molar-refractivity contribution in [3.05, 3.63) is 27.5 Å². The van der Waals surface area contributed by atoms with Crippen molar-refractivity contribution < 1.29 is 9.53 Å². The number of nitrogens with zero attached hydrogens (tertiary/aromatic N) is 1. The first-order chi connectivity index (χ1) is 8.69. The normalized spacial score (nSPS) is 11.1. The smallest absolute Gasteiger partial charge is 0.261 e. The molecule has 0 saturated heterocycles. The fraction of sp³-hybridized carbons (Fsp3) is 0.385. The highest BCUT2D eigenvalue weighted by Gasteiger charge is 2.09. The van der Waals surface area contributed by atoms with Crippen molar-refractivity contribution in [1.82, 2.24) is 5.32 Å². The van der Waals surface area contributed by atoms with E-state index in [1.807, 2.05) is 24.4 Å². The van der Waals surface area contributed by atoms with Crippen LogP contribution in [0.5, 0.6) is 0 Å². The number of methoxy groups -OCH3 is 1. The second-order valence-corrected chi connectivity index (χ2v) is 4.69. The second kappa shape index (κ2) is 7.64. The van der Waals surface area contributed by atoms with Gasteiger partial charge in [0.2, 0.25) is 0 Å². The van der Waals surface area contributed by atoms with Crippen LogP contribution in [0.1, 0.15) is 16.9 Å². The molecule has 0 aliphatic rings. The first kappa shape index (κ1) is 14.4. The molecule has 1 N–H and O–H groups in total. The van der Waals surface area contributed by atoms with Crippen molar-refractivity contribution in [2.75, 3.05) is 20.3 Å². The summed E-state index contributed by atoms with van der Waals surface area (Å²) in [5, 5.41) is 13.6. The molecule has 0 aromatic carbocycles. The fourth-order valence-electron chi connectivity index (χ4n) is 1.33. The summed E-state index contributed by atoms with van der Waals surface area (Å²) in [6.07, 6.45) is 2.37. The first-order valence-corrected chi connectivity index (χ1v) is 6.50. The van der Waals surface area contributed by atoms with Crippen molar-refractivity contribution in [2.45, 2.75) is 13.3 Å². The highest BCUT2D eigenvalue weighted by molar-refractivity contribution is 7.11. The minimum atomic E-state index is -0.332. The lowest BCUT2D eigenvalue weighted by Crippen LogP contribution is -2.26. The third-order valence-corrected chi connectivity index (χ3v) is 3.32. The highest BCUT2D eigenvalue weighted by atomic mass is 32.1. The van der Waals surface area contributed by atoms with Gasteiger partial charge in [0, 0.05) is 25.1 Å². The molecule has 4 nitrogen and oxygen atoms in total. The van der Waals surface area contributed by atoms with E-state index in [1.54, 1.807) is 13.2 Å². The molecule has 1 rings (SSSR count). The lowest BCUT2D eigenvalue weighted by atomic mass is 10.2. The van der Waals surface area contributed by atoms with E-state index < -0.39 is 0 Å². The van der Waals surface area contributed by atoms with Crippen molar-refractivity contribution in [3.8, 4) is 6.07 Å². The summed E-state index contributed by atoms with van der Waals surface area (Å²) in [4.78, 5) is 12.7. The Morgan fingerprint density at radius 1 is 1.67 bits per heavy atom. The highest BCUT2D eigenvalue weighted by Crippen LogP contribution is 2.18. The van der Waals surface area contributed by atoms with Gasteiger partial charge < -0.3 is 10.1 Å². The summed E-state index contributed by atoms with van der Waals surface area (Å²) >= 11 is 1.52. The average Bonchev–Trinajstić information content (AvgIpc) is 2.77. The molecule has 1 aromatic rings. The van der Waals surface area contributed by atoms with Crippen LogP contribution in [-0.4, -0.2) is 26.2 Å². The van der Waals surface area contributed by atoms with Gasteiger partial charge >= 0.3 is 0 Å². The van der Waals surface area contributed by atoms with Crippen LogP contribution in [-0.2, 0) is 9.53 Å². The number of rotatable bonds is 6. The Bertz CT molecular complexity index is 472. The molecule has 1 heterocycles. The molecule has 0 spiro atoms. The molecule has 0 bridgehead atoms. The average molecular weight is 264 g/mol. The van der Waals surface area contributed by atoms with Crippen LogP contribution in [0.15, 0.2) is 17.0 Å². The molecule has 18 heavy (non-hydrogen) atoms. The maximum Gasteiger partial charge on any atom is 0.261 e. The summed E-state index contributed by atoms with van der Waals surface area (Å²) in [6, 6.07) is 3.89. The molecular formula is C13H16N2O2S. The minimum absolute atomic E-state index is 0.137. The topological polar surface area (TPSA) is 62.1 Å². The molecule has 5 heteroatoms. The summed E-state index contributed by atoms with van der Waals surface area (Å²) in [5.74, 6) is -0.332. The zero-order chi connectivity index (χ0) is 13.4. The van der Waals surface area contributed by atoms with Crippen molar-refractivity contribution >= 4 is 23.3 Å². The molecular weight excluding hydrogens is 248 g/mol. The zero-order valence-electron chi connectivity index (χ0n) is 10.5. The number of aryl methyl sites for hydroxylation is 1. The Kier molecular flexibility index (Phi) is 6.12. The van der Waals surface area contributed by atoms with E-state index in [4.69, 9.17) is 10.00 Å². The Hall–Kier alpha value is -1.64. The first-order valence-electron chi connectivity index (χ1n) is 5.62. The summed E-state index contributed by atoms with van der Waals surface area (Å²) < 4.78 is 4.88. The third kappa shape index (κ3) is 4.32. The van der Waals surface area contributed by atoms with Crippen LogP contribution < -0.4 is 5.32 Å². The lowest BCUT2D eigenvalue weighted by molar-refractivity contribution is -0.117. The van der Waals surface area contributed by atoms with Gasteiger partial charge in [-0.1, -0.05) is 0 Å². The van der Waals surface area contributed by atoms with E-state index in [-0.39, 0.29) is 11.5 Å². The van der Waals surface area contributed by atoms with Crippen LogP contribution in [0.3, 0.4) is 0 Å². The number of amides is 1. The molecule has 0 atom stereocenters. The number of nitriles is 1. The van der Waals surface area contributed by atoms with Crippen LogP contribution >= 0.6 is 11.3 Å². The number of thiophene rings is 1. The number of carbonyl (C=O) groups is 1. The molecule has 96 valence electrons. The summed E-state index contributed by atoms with van der Waals surface area (Å²) in [6.45, 7) is 3.05. The van der Waals surface area contributed by atoms with E-state index in [0.29, 0.717) is 13.2 Å². The number of carbonyl (C=O) groups excluding carboxylic acids is 1. The molecule has 1 aromatic heterocycles. The van der Waals surface area contributed by atoms with Gasteiger partial charge in [0.1, 0.15) is 11.6 Å². The molecule has 1 amide bonds. The van der Waals surface area contributed by atoms with Crippen LogP contribution in [0.25, 0.3) is 6.08 Å². The molecule has 0 unspecified atom stereocenters. The zero-order valence-corrected chi connectivity index (χ0v) is 11.3. The number of ether oxygens (including phenoxy) is 1. The lowest BCUT2D eigenvalue weighted by Gasteiger charge is -2.03. The van der Waals surface area contributed by atoms with Gasteiger partial charge in [-0.3, -0.25) is 4.79 Å². The standard InChI is InChI=1S/C13H16N2O2S/c1-10-4-7-18-12(10)8-11(9-14)13(16)15-5-3-6-17-2/h4,7-8H,3,5-6H2,1-2H3,(H,15,16). The Morgan fingerprint density at radius 2 is 2.44 bits per heavy atom. The van der Waals surface area contributed by atoms with Crippen molar-refractivity contribution in [2.24, 2.45) is 0 Å². The van der Waals surface area contributed by atoms with Gasteiger partial charge in [0.05, 0.1) is 0 Å². The Balaban J connectivity index is 2.61. The van der Waals surface area contributed by atoms with Gasteiger partial charge in [0.15, 0.2) is 0 Å². The minimum Gasteiger partial charge on any atom is -0.385 e. The second-order valence-electron chi connectivity index (χ2n) is 3.74. The maximum absolute atomic E-state index is 11.7. The van der Waals surface area contributed by atoms with Gasteiger partial charge in [-0.05, 0) is 36.4 Å². The summed E-state index contributed by atoms with van der Waals surface area (Å²) in [7, 11) is 1.61. The number of hydrogen-bond donors (Lipinski definition) is 1. The maximum atomic E-state index is 11.7. The van der Waals surface area contributed by atoms with E-state index in [2.05, 4.69) is 5.32 Å². The van der Waals surface area contributed by atoms with Crippen LogP contribution in [0.2, 0.25) is 0 Å². The molecule has 0 fully saturated rings. The quantitative estimate of drug-likeness (QED) is 0.486. The molecule has 0 aliphatic heterocycles. The van der Waals surface area contributed by atoms with Gasteiger partial charge in [-0.15, -0.1) is 11.3 Å². The Labute approximate surface area is 111 Å². The monoisotopic (exact) mass is 264 g/mol. The number of hydrogen-bond acceptors (Lipinski definition) is 4. The van der Waals surface area contributed by atoms with E-state index >= 15 is 0 Å². The predicted octanol–water partition coefficient (Wildman–Crippen LogP) is 2.12. The van der Waals surface area contributed by atoms with E-state index in [0.717, 1.165) is 16.9 Å². The largest absolute Gasteiger partial charge is 0.385 e. The predicted molar refractivity (Wildman–Crippen MR) is 72.1 cm³/mol. The SMILES string of the molecule is COCCCNC(=O)C(C#N)=Cc1sccc1C. The molecule has 0 aliphatic carbocycles. The summed E-state index contributed by atoms with van der Waals surface area (Å²) in [5.41, 5.74) is 1.21. The van der Waals surface area contributed by atoms with Crippen molar-refractivity contribution in [3.63, 3.8) is 0 Å². The molecule has 0 saturated carbocycles. The van der Waals surface area contributed by atoms with Gasteiger partial charge in [0.25, 0.3) is 5.91 Å². The van der Waals surface area contributed by atoms with Crippen molar-refractivity contribution in [1.29, 1.82) is 5.26 Å².